The lowest BCUT2D eigenvalue weighted by Gasteiger charge is -2.38. The molecule has 7 rings (SSSR count). The molecule has 0 atom stereocenters. The molecule has 1 amide bonds. The number of amidine groups is 1. The first-order chi connectivity index (χ1) is 21.2. The lowest BCUT2D eigenvalue weighted by Crippen LogP contribution is -2.49. The van der Waals surface area contributed by atoms with Crippen LogP contribution in [0.15, 0.2) is 29.3 Å². The molecule has 4 heterocycles. The second kappa shape index (κ2) is 10.5. The van der Waals surface area contributed by atoms with Gasteiger partial charge in [0.25, 0.3) is 5.91 Å². The molecule has 2 saturated carbocycles. The van der Waals surface area contributed by atoms with E-state index in [0.29, 0.717) is 53.9 Å². The SMILES string of the molecule is CC1(C)OB(c2cc(F)c(COC3CC3)c(N3CCC4(CC3)N=C(c3ccc(C(F)(F)F)nc3C3CC3)NC4=O)c2)OC1(C)C. The van der Waals surface area contributed by atoms with Gasteiger partial charge in [-0.05, 0) is 95.9 Å². The molecule has 4 fully saturated rings. The van der Waals surface area contributed by atoms with E-state index in [0.717, 1.165) is 31.7 Å². The highest BCUT2D eigenvalue weighted by Gasteiger charge is 2.52. The fourth-order valence-corrected chi connectivity index (χ4v) is 6.22. The zero-order valence-electron chi connectivity index (χ0n) is 25.9. The number of hydrogen-bond acceptors (Lipinski definition) is 7. The minimum atomic E-state index is -4.56. The lowest BCUT2D eigenvalue weighted by molar-refractivity contribution is -0.141. The van der Waals surface area contributed by atoms with E-state index in [9.17, 15) is 18.0 Å². The van der Waals surface area contributed by atoms with Gasteiger partial charge in [0.15, 0.2) is 0 Å². The molecule has 5 aliphatic rings. The summed E-state index contributed by atoms with van der Waals surface area (Å²) in [5, 5.41) is 2.85. The summed E-state index contributed by atoms with van der Waals surface area (Å²) >= 11 is 0. The summed E-state index contributed by atoms with van der Waals surface area (Å²) < 4.78 is 74.4. The molecule has 2 aliphatic carbocycles. The number of hydrogen-bond donors (Lipinski definition) is 1. The summed E-state index contributed by atoms with van der Waals surface area (Å²) in [6, 6.07) is 5.66. The Morgan fingerprint density at radius 3 is 2.31 bits per heavy atom. The Bertz CT molecular complexity index is 1550. The number of benzene rings is 1. The molecule has 8 nitrogen and oxygen atoms in total. The number of rotatable bonds is 7. The molecular weight excluding hydrogens is 591 g/mol. The van der Waals surface area contributed by atoms with Gasteiger partial charge in [0.1, 0.15) is 22.9 Å². The summed E-state index contributed by atoms with van der Waals surface area (Å²) in [6.07, 6.45) is -0.309. The van der Waals surface area contributed by atoms with Gasteiger partial charge in [-0.25, -0.2) is 9.37 Å². The van der Waals surface area contributed by atoms with E-state index in [1.807, 2.05) is 38.7 Å². The highest BCUT2D eigenvalue weighted by atomic mass is 19.4. The summed E-state index contributed by atoms with van der Waals surface area (Å²) in [5.74, 6) is -0.501. The van der Waals surface area contributed by atoms with Gasteiger partial charge < -0.3 is 24.3 Å². The van der Waals surface area contributed by atoms with E-state index >= 15 is 4.39 Å². The first kappa shape index (κ1) is 30.6. The number of aliphatic imine (C=N–C) groups is 1. The summed E-state index contributed by atoms with van der Waals surface area (Å²) in [5.41, 5.74) is -0.745. The van der Waals surface area contributed by atoms with Gasteiger partial charge in [-0.15, -0.1) is 0 Å². The van der Waals surface area contributed by atoms with Crippen LogP contribution in [0.2, 0.25) is 0 Å². The maximum absolute atomic E-state index is 15.8. The maximum Gasteiger partial charge on any atom is 0.495 e. The van der Waals surface area contributed by atoms with E-state index in [1.54, 1.807) is 0 Å². The number of anilines is 1. The number of nitrogens with zero attached hydrogens (tertiary/aromatic N) is 3. The number of ether oxygens (including phenoxy) is 1. The second-order valence-corrected chi connectivity index (χ2v) is 13.9. The van der Waals surface area contributed by atoms with Crippen LogP contribution in [0.5, 0.6) is 0 Å². The van der Waals surface area contributed by atoms with Crippen LogP contribution >= 0.6 is 0 Å². The largest absolute Gasteiger partial charge is 0.495 e. The van der Waals surface area contributed by atoms with Crippen molar-refractivity contribution in [2.75, 3.05) is 18.0 Å². The molecule has 1 aromatic carbocycles. The molecule has 13 heteroatoms. The van der Waals surface area contributed by atoms with Crippen molar-refractivity contribution in [1.29, 1.82) is 0 Å². The van der Waals surface area contributed by atoms with Gasteiger partial charge >= 0.3 is 13.3 Å². The third-order valence-electron chi connectivity index (χ3n) is 10.1. The summed E-state index contributed by atoms with van der Waals surface area (Å²) in [7, 11) is -0.747. The van der Waals surface area contributed by atoms with E-state index in [4.69, 9.17) is 19.0 Å². The molecular formula is C32H37BF4N4O4. The van der Waals surface area contributed by atoms with Crippen LogP contribution in [-0.4, -0.2) is 59.8 Å². The highest BCUT2D eigenvalue weighted by Crippen LogP contribution is 2.43. The zero-order valence-corrected chi connectivity index (χ0v) is 25.9. The van der Waals surface area contributed by atoms with E-state index in [2.05, 4.69) is 10.3 Å². The monoisotopic (exact) mass is 628 g/mol. The Hall–Kier alpha value is -3.03. The summed E-state index contributed by atoms with van der Waals surface area (Å²) in [6.45, 7) is 8.74. The first-order valence-electron chi connectivity index (χ1n) is 15.7. The van der Waals surface area contributed by atoms with Crippen LogP contribution in [0.3, 0.4) is 0 Å². The normalized spacial score (nSPS) is 23.9. The molecule has 2 saturated heterocycles. The van der Waals surface area contributed by atoms with Gasteiger partial charge in [0, 0.05) is 35.8 Å². The maximum atomic E-state index is 15.8. The Balaban J connectivity index is 1.15. The fraction of sp³-hybridized carbons (Fsp3) is 0.594. The zero-order chi connectivity index (χ0) is 31.9. The number of nitrogens with one attached hydrogen (secondary N) is 1. The Labute approximate surface area is 260 Å². The quantitative estimate of drug-likeness (QED) is 0.343. The molecule has 45 heavy (non-hydrogen) atoms. The average molecular weight is 628 g/mol. The number of aromatic nitrogens is 1. The second-order valence-electron chi connectivity index (χ2n) is 13.9. The highest BCUT2D eigenvalue weighted by molar-refractivity contribution is 6.62. The number of carbonyl (C=O) groups is 1. The van der Waals surface area contributed by atoms with Crippen molar-refractivity contribution in [3.05, 3.63) is 52.6 Å². The number of pyridine rings is 1. The molecule has 1 spiro atoms. The van der Waals surface area contributed by atoms with Gasteiger partial charge in [0.2, 0.25) is 0 Å². The van der Waals surface area contributed by atoms with Crippen LogP contribution in [0.1, 0.15) is 94.7 Å². The van der Waals surface area contributed by atoms with Crippen molar-refractivity contribution in [3.8, 4) is 0 Å². The van der Waals surface area contributed by atoms with Crippen LogP contribution in [0.4, 0.5) is 23.2 Å². The number of piperidine rings is 1. The van der Waals surface area contributed by atoms with E-state index in [-0.39, 0.29) is 30.4 Å². The molecule has 2 aromatic rings. The van der Waals surface area contributed by atoms with Gasteiger partial charge in [0.05, 0.1) is 29.6 Å². The Kier molecular flexibility index (Phi) is 7.14. The van der Waals surface area contributed by atoms with Crippen molar-refractivity contribution in [3.63, 3.8) is 0 Å². The Morgan fingerprint density at radius 1 is 1.04 bits per heavy atom. The molecule has 3 aliphatic heterocycles. The van der Waals surface area contributed by atoms with Crippen LogP contribution in [0, 0.1) is 5.82 Å². The van der Waals surface area contributed by atoms with E-state index in [1.165, 1.54) is 12.1 Å². The lowest BCUT2D eigenvalue weighted by atomic mass is 9.78. The van der Waals surface area contributed by atoms with Crippen LogP contribution in [0.25, 0.3) is 0 Å². The average Bonchev–Trinajstić information content (AvgIpc) is 3.90. The molecule has 1 aromatic heterocycles. The third-order valence-corrected chi connectivity index (χ3v) is 10.1. The van der Waals surface area contributed by atoms with Crippen LogP contribution in [-0.2, 0) is 31.6 Å². The van der Waals surface area contributed by atoms with Crippen molar-refractivity contribution in [2.24, 2.45) is 4.99 Å². The molecule has 1 N–H and O–H groups in total. The standard InChI is InChI=1S/C32H37BF4N4O4/c1-29(2)30(3,4)45-33(44-29)19-15-23(34)22(17-43-20-7-8-20)24(16-19)41-13-11-31(12-14-41)28(42)39-27(40-31)21-9-10-25(32(35,36)37)38-26(21)18-5-6-18/h9-10,15-16,18,20H,5-8,11-14,17H2,1-4H3,(H,39,40,42). The number of halogens is 4. The first-order valence-corrected chi connectivity index (χ1v) is 15.7. The minimum Gasteiger partial charge on any atom is -0.399 e. The fourth-order valence-electron chi connectivity index (χ4n) is 6.22. The number of alkyl halides is 3. The van der Waals surface area contributed by atoms with Crippen LogP contribution < -0.4 is 15.7 Å². The Morgan fingerprint density at radius 2 is 1.71 bits per heavy atom. The smallest absolute Gasteiger partial charge is 0.399 e. The van der Waals surface area contributed by atoms with Gasteiger partial charge in [-0.3, -0.25) is 9.79 Å². The van der Waals surface area contributed by atoms with E-state index < -0.39 is 41.5 Å². The van der Waals surface area contributed by atoms with Gasteiger partial charge in [-0.1, -0.05) is 0 Å². The molecule has 0 unspecified atom stereocenters. The number of amides is 1. The minimum absolute atomic E-state index is 0.0808. The molecule has 0 radical (unpaired) electrons. The third kappa shape index (κ3) is 5.65. The predicted molar refractivity (Wildman–Crippen MR) is 160 cm³/mol. The van der Waals surface area contributed by atoms with Crippen molar-refractivity contribution in [2.45, 2.75) is 108 Å². The van der Waals surface area contributed by atoms with Crippen molar-refractivity contribution < 1.29 is 36.4 Å². The predicted octanol–water partition coefficient (Wildman–Crippen LogP) is 5.01. The van der Waals surface area contributed by atoms with Gasteiger partial charge in [-0.2, -0.15) is 13.2 Å². The topological polar surface area (TPSA) is 85.3 Å². The molecule has 0 bridgehead atoms. The summed E-state index contributed by atoms with van der Waals surface area (Å²) in [4.78, 5) is 24.2. The van der Waals surface area contributed by atoms with Crippen molar-refractivity contribution in [1.82, 2.24) is 10.3 Å². The number of carbonyl (C=O) groups excluding carboxylic acids is 1. The molecule has 240 valence electrons. The van der Waals surface area contributed by atoms with Crippen molar-refractivity contribution >= 4 is 30.0 Å².